The Morgan fingerprint density at radius 1 is 1.12 bits per heavy atom. The van der Waals surface area contributed by atoms with Crippen LogP contribution in [0.25, 0.3) is 0 Å². The molecule has 2 rings (SSSR count). The van der Waals surface area contributed by atoms with Gasteiger partial charge in [0.1, 0.15) is 0 Å². The zero-order chi connectivity index (χ0) is 11.4. The summed E-state index contributed by atoms with van der Waals surface area (Å²) in [5, 5.41) is 0. The molecule has 0 nitrogen and oxygen atoms in total. The fourth-order valence-electron chi connectivity index (χ4n) is 3.12. The normalized spacial score (nSPS) is 18.1. The van der Waals surface area contributed by atoms with E-state index in [0.717, 1.165) is 0 Å². The Kier molecular flexibility index (Phi) is 3.96. The summed E-state index contributed by atoms with van der Waals surface area (Å²) in [6, 6.07) is 9.07. The van der Waals surface area contributed by atoms with Gasteiger partial charge in [-0.2, -0.15) is 0 Å². The molecule has 88 valence electrons. The Morgan fingerprint density at radius 2 is 1.81 bits per heavy atom. The summed E-state index contributed by atoms with van der Waals surface area (Å²) in [7, 11) is 0. The van der Waals surface area contributed by atoms with Gasteiger partial charge in [-0.05, 0) is 42.1 Å². The first-order valence-electron chi connectivity index (χ1n) is 6.55. The molecule has 0 atom stereocenters. The van der Waals surface area contributed by atoms with Gasteiger partial charge in [0.05, 0.1) is 0 Å². The van der Waals surface area contributed by atoms with Crippen LogP contribution in [-0.4, -0.2) is 5.75 Å². The number of fused-ring (bicyclic) bond motifs is 1. The van der Waals surface area contributed by atoms with Crippen molar-refractivity contribution in [2.75, 3.05) is 5.75 Å². The van der Waals surface area contributed by atoms with Gasteiger partial charge in [0.25, 0.3) is 0 Å². The molecule has 0 saturated carbocycles. The van der Waals surface area contributed by atoms with Gasteiger partial charge in [-0.25, -0.2) is 0 Å². The van der Waals surface area contributed by atoms with Crippen LogP contribution < -0.4 is 0 Å². The van der Waals surface area contributed by atoms with Crippen LogP contribution >= 0.6 is 11.8 Å². The second-order valence-electron chi connectivity index (χ2n) is 4.87. The average molecular weight is 234 g/mol. The molecule has 1 heteroatoms. The lowest BCUT2D eigenvalue weighted by atomic mass is 9.71. The van der Waals surface area contributed by atoms with Crippen LogP contribution in [-0.2, 0) is 5.41 Å². The quantitative estimate of drug-likeness (QED) is 0.705. The van der Waals surface area contributed by atoms with Crippen LogP contribution in [0.5, 0.6) is 0 Å². The maximum absolute atomic E-state index is 2.37. The third-order valence-corrected chi connectivity index (χ3v) is 4.83. The van der Waals surface area contributed by atoms with Crippen molar-refractivity contribution in [1.29, 1.82) is 0 Å². The minimum absolute atomic E-state index is 0.491. The van der Waals surface area contributed by atoms with Crippen LogP contribution in [0.15, 0.2) is 29.2 Å². The molecular weight excluding hydrogens is 212 g/mol. The summed E-state index contributed by atoms with van der Waals surface area (Å²) in [4.78, 5) is 1.54. The minimum Gasteiger partial charge on any atom is -0.126 e. The van der Waals surface area contributed by atoms with Crippen molar-refractivity contribution in [2.24, 2.45) is 0 Å². The molecule has 0 spiro atoms. The summed E-state index contributed by atoms with van der Waals surface area (Å²) in [5.74, 6) is 1.30. The molecule has 1 aromatic rings. The third-order valence-electron chi connectivity index (χ3n) is 3.75. The van der Waals surface area contributed by atoms with E-state index < -0.39 is 0 Å². The van der Waals surface area contributed by atoms with Crippen molar-refractivity contribution >= 4 is 11.8 Å². The molecule has 0 N–H and O–H groups in total. The molecule has 0 amide bonds. The maximum atomic E-state index is 2.37. The van der Waals surface area contributed by atoms with Crippen LogP contribution in [0.3, 0.4) is 0 Å². The molecule has 0 unspecified atom stereocenters. The highest BCUT2D eigenvalue weighted by molar-refractivity contribution is 7.99. The predicted octanol–water partition coefficient (Wildman–Crippen LogP) is 5.02. The molecule has 1 aliphatic rings. The lowest BCUT2D eigenvalue weighted by Crippen LogP contribution is -2.30. The Hall–Kier alpha value is -0.430. The van der Waals surface area contributed by atoms with E-state index in [1.807, 2.05) is 11.8 Å². The zero-order valence-electron chi connectivity index (χ0n) is 10.5. The van der Waals surface area contributed by atoms with Crippen LogP contribution in [0.1, 0.15) is 51.5 Å². The average Bonchev–Trinajstić information content (AvgIpc) is 2.30. The molecular formula is C15H22S. The number of rotatable bonds is 4. The highest BCUT2D eigenvalue weighted by Crippen LogP contribution is 2.47. The molecule has 0 radical (unpaired) electrons. The number of benzene rings is 1. The molecule has 0 fully saturated rings. The molecule has 1 aromatic carbocycles. The van der Waals surface area contributed by atoms with Gasteiger partial charge in [0, 0.05) is 4.90 Å². The molecule has 1 heterocycles. The van der Waals surface area contributed by atoms with Crippen molar-refractivity contribution in [3.63, 3.8) is 0 Å². The van der Waals surface area contributed by atoms with Crippen LogP contribution in [0.4, 0.5) is 0 Å². The van der Waals surface area contributed by atoms with Gasteiger partial charge in [0.15, 0.2) is 0 Å². The minimum atomic E-state index is 0.491. The van der Waals surface area contributed by atoms with Gasteiger partial charge < -0.3 is 0 Å². The fourth-order valence-corrected chi connectivity index (χ4v) is 4.45. The second kappa shape index (κ2) is 5.27. The Morgan fingerprint density at radius 3 is 2.50 bits per heavy atom. The maximum Gasteiger partial charge on any atom is 0.0110 e. The summed E-state index contributed by atoms with van der Waals surface area (Å²) in [6.45, 7) is 4.64. The lowest BCUT2D eigenvalue weighted by molar-refractivity contribution is 0.336. The molecule has 0 aliphatic carbocycles. The summed E-state index contributed by atoms with van der Waals surface area (Å²) in [5.41, 5.74) is 2.13. The fraction of sp³-hybridized carbons (Fsp3) is 0.600. The van der Waals surface area contributed by atoms with Crippen LogP contribution in [0, 0.1) is 0 Å². The van der Waals surface area contributed by atoms with Crippen molar-refractivity contribution < 1.29 is 0 Å². The first-order chi connectivity index (χ1) is 7.82. The largest absolute Gasteiger partial charge is 0.126 e. The van der Waals surface area contributed by atoms with E-state index >= 15 is 0 Å². The Bertz CT molecular complexity index is 337. The molecule has 0 bridgehead atoms. The molecule has 16 heavy (non-hydrogen) atoms. The highest BCUT2D eigenvalue weighted by Gasteiger charge is 2.34. The topological polar surface area (TPSA) is 0 Å². The smallest absolute Gasteiger partial charge is 0.0110 e. The number of thioether (sulfide) groups is 1. The summed E-state index contributed by atoms with van der Waals surface area (Å²) in [6.07, 6.45) is 6.70. The van der Waals surface area contributed by atoms with Gasteiger partial charge >= 0.3 is 0 Å². The second-order valence-corrected chi connectivity index (χ2v) is 6.01. The zero-order valence-corrected chi connectivity index (χ0v) is 11.3. The molecule has 0 aromatic heterocycles. The van der Waals surface area contributed by atoms with E-state index in [1.165, 1.54) is 42.8 Å². The van der Waals surface area contributed by atoms with Gasteiger partial charge in [-0.3, -0.25) is 0 Å². The predicted molar refractivity (Wildman–Crippen MR) is 73.3 cm³/mol. The van der Waals surface area contributed by atoms with Crippen LogP contribution in [0.2, 0.25) is 0 Å². The van der Waals surface area contributed by atoms with Crippen molar-refractivity contribution in [3.8, 4) is 0 Å². The van der Waals surface area contributed by atoms with Gasteiger partial charge in [0.2, 0.25) is 0 Å². The summed E-state index contributed by atoms with van der Waals surface area (Å²) >= 11 is 2.04. The van der Waals surface area contributed by atoms with E-state index in [1.54, 1.807) is 5.56 Å². The van der Waals surface area contributed by atoms with E-state index in [2.05, 4.69) is 38.1 Å². The third kappa shape index (κ3) is 2.15. The van der Waals surface area contributed by atoms with Crippen molar-refractivity contribution in [2.45, 2.75) is 56.3 Å². The monoisotopic (exact) mass is 234 g/mol. The van der Waals surface area contributed by atoms with E-state index in [4.69, 9.17) is 0 Å². The standard InChI is InChI=1S/C15H22S/c1-3-9-15(10-4-2)11-12-16-14-8-6-5-7-13(14)15/h5-8H,3-4,9-12H2,1-2H3. The SMILES string of the molecule is CCCC1(CCC)CCSc2ccccc21. The van der Waals surface area contributed by atoms with E-state index in [0.29, 0.717) is 5.41 Å². The van der Waals surface area contributed by atoms with Crippen molar-refractivity contribution in [1.82, 2.24) is 0 Å². The molecule has 1 aliphatic heterocycles. The van der Waals surface area contributed by atoms with E-state index in [9.17, 15) is 0 Å². The van der Waals surface area contributed by atoms with Gasteiger partial charge in [-0.1, -0.05) is 44.9 Å². The highest BCUT2D eigenvalue weighted by atomic mass is 32.2. The Labute approximate surface area is 104 Å². The number of hydrogen-bond acceptors (Lipinski definition) is 1. The molecule has 0 saturated heterocycles. The first-order valence-corrected chi connectivity index (χ1v) is 7.53. The lowest BCUT2D eigenvalue weighted by Gasteiger charge is -2.39. The first kappa shape index (κ1) is 12.0. The number of hydrogen-bond donors (Lipinski definition) is 0. The summed E-state index contributed by atoms with van der Waals surface area (Å²) < 4.78 is 0. The van der Waals surface area contributed by atoms with Crippen molar-refractivity contribution in [3.05, 3.63) is 29.8 Å². The van der Waals surface area contributed by atoms with E-state index in [-0.39, 0.29) is 0 Å². The van der Waals surface area contributed by atoms with Gasteiger partial charge in [-0.15, -0.1) is 11.8 Å². The Balaban J connectivity index is 2.39.